The molecule has 6 nitrogen and oxygen atoms in total. The van der Waals surface area contributed by atoms with Crippen LogP contribution in [0.25, 0.3) is 0 Å². The Morgan fingerprint density at radius 1 is 1.17 bits per heavy atom. The maximum absolute atomic E-state index is 14.3. The smallest absolute Gasteiger partial charge is 0.344 e. The van der Waals surface area contributed by atoms with Gasteiger partial charge in [-0.1, -0.05) is 12.1 Å². The number of carbonyl (C=O) groups is 3. The monoisotopic (exact) mass is 403 g/mol. The first kappa shape index (κ1) is 20.1. The van der Waals surface area contributed by atoms with Crippen LogP contribution >= 0.6 is 15.9 Å². The maximum atomic E-state index is 14.3. The third-order valence-electron chi connectivity index (χ3n) is 3.12. The summed E-state index contributed by atoms with van der Waals surface area (Å²) in [4.78, 5) is 36.5. The van der Waals surface area contributed by atoms with Crippen molar-refractivity contribution in [1.82, 2.24) is 5.32 Å². The van der Waals surface area contributed by atoms with Crippen LogP contribution in [0, 0.1) is 5.82 Å². The summed E-state index contributed by atoms with van der Waals surface area (Å²) in [5.41, 5.74) is -2.10. The molecule has 0 saturated carbocycles. The molecule has 132 valence electrons. The minimum Gasteiger partial charge on any atom is -0.464 e. The van der Waals surface area contributed by atoms with Gasteiger partial charge >= 0.3 is 11.9 Å². The zero-order chi connectivity index (χ0) is 18.3. The van der Waals surface area contributed by atoms with Crippen LogP contribution < -0.4 is 5.32 Å². The molecule has 8 heteroatoms. The number of nitrogens with one attached hydrogen (secondary N) is 1. The van der Waals surface area contributed by atoms with E-state index in [0.717, 1.165) is 6.92 Å². The Bertz CT molecular complexity index is 617. The van der Waals surface area contributed by atoms with Gasteiger partial charge in [0, 0.05) is 13.3 Å². The Morgan fingerprint density at radius 2 is 1.71 bits per heavy atom. The molecule has 0 atom stereocenters. The molecule has 1 amide bonds. The first-order valence-electron chi connectivity index (χ1n) is 7.34. The van der Waals surface area contributed by atoms with Crippen LogP contribution in [0.2, 0.25) is 0 Å². The lowest BCUT2D eigenvalue weighted by Gasteiger charge is -2.30. The molecule has 0 aliphatic heterocycles. The van der Waals surface area contributed by atoms with Crippen LogP contribution in [-0.2, 0) is 30.3 Å². The minimum absolute atomic E-state index is 0.0134. The molecule has 24 heavy (non-hydrogen) atoms. The highest BCUT2D eigenvalue weighted by Crippen LogP contribution is 2.24. The summed E-state index contributed by atoms with van der Waals surface area (Å²) in [7, 11) is 0. The topological polar surface area (TPSA) is 81.7 Å². The molecular weight excluding hydrogens is 385 g/mol. The fraction of sp³-hybridized carbons (Fsp3) is 0.438. The summed E-state index contributed by atoms with van der Waals surface area (Å²) >= 11 is 3.05. The van der Waals surface area contributed by atoms with Crippen molar-refractivity contribution >= 4 is 33.8 Å². The second-order valence-corrected chi connectivity index (χ2v) is 5.77. The molecule has 0 aliphatic rings. The Balaban J connectivity index is 3.42. The van der Waals surface area contributed by atoms with E-state index in [2.05, 4.69) is 21.2 Å². The largest absolute Gasteiger partial charge is 0.464 e. The van der Waals surface area contributed by atoms with Crippen LogP contribution in [0.5, 0.6) is 0 Å². The van der Waals surface area contributed by atoms with Gasteiger partial charge in [-0.25, -0.2) is 14.0 Å². The molecule has 1 rings (SSSR count). The van der Waals surface area contributed by atoms with Crippen molar-refractivity contribution in [2.24, 2.45) is 0 Å². The number of rotatable bonds is 7. The summed E-state index contributed by atoms with van der Waals surface area (Å²) in [5, 5.41) is 2.29. The molecular formula is C16H19BrFNO5. The van der Waals surface area contributed by atoms with Crippen molar-refractivity contribution in [3.8, 4) is 0 Å². The number of hydrogen-bond acceptors (Lipinski definition) is 5. The normalized spacial score (nSPS) is 10.9. The van der Waals surface area contributed by atoms with Crippen LogP contribution in [-0.4, -0.2) is 36.6 Å². The number of ether oxygens (including phenoxy) is 2. The molecule has 1 aromatic rings. The summed E-state index contributed by atoms with van der Waals surface area (Å²) in [5.74, 6) is -3.29. The molecule has 0 unspecified atom stereocenters. The van der Waals surface area contributed by atoms with Gasteiger partial charge in [-0.15, -0.1) is 0 Å². The van der Waals surface area contributed by atoms with Gasteiger partial charge in [-0.05, 0) is 41.4 Å². The Morgan fingerprint density at radius 3 is 2.17 bits per heavy atom. The number of amides is 1. The zero-order valence-electron chi connectivity index (χ0n) is 13.7. The number of hydrogen-bond donors (Lipinski definition) is 1. The summed E-state index contributed by atoms with van der Waals surface area (Å²) < 4.78 is 24.3. The SMILES string of the molecule is CCOC(=O)C(Cc1cccc(Br)c1F)(NC(C)=O)C(=O)OCC. The van der Waals surface area contributed by atoms with E-state index in [1.165, 1.54) is 12.1 Å². The van der Waals surface area contributed by atoms with Gasteiger partial charge in [-0.2, -0.15) is 0 Å². The summed E-state index contributed by atoms with van der Waals surface area (Å²) in [6.07, 6.45) is -0.435. The van der Waals surface area contributed by atoms with E-state index < -0.39 is 35.6 Å². The summed E-state index contributed by atoms with van der Waals surface area (Å²) in [6.45, 7) is 4.23. The molecule has 0 aliphatic carbocycles. The van der Waals surface area contributed by atoms with Crippen molar-refractivity contribution < 1.29 is 28.2 Å². The lowest BCUT2D eigenvalue weighted by Crippen LogP contribution is -2.62. The third-order valence-corrected chi connectivity index (χ3v) is 3.74. The fourth-order valence-corrected chi connectivity index (χ4v) is 2.56. The standard InChI is InChI=1S/C16H19BrFNO5/c1-4-23-14(21)16(19-10(3)20,15(22)24-5-2)9-11-7-6-8-12(17)13(11)18/h6-8H,4-5,9H2,1-3H3,(H,19,20). The van der Waals surface area contributed by atoms with E-state index in [1.807, 2.05) is 0 Å². The van der Waals surface area contributed by atoms with E-state index in [9.17, 15) is 18.8 Å². The number of carbonyl (C=O) groups excluding carboxylic acids is 3. The van der Waals surface area contributed by atoms with Gasteiger partial charge in [-0.3, -0.25) is 4.79 Å². The van der Waals surface area contributed by atoms with Gasteiger partial charge in [0.15, 0.2) is 0 Å². The van der Waals surface area contributed by atoms with E-state index in [-0.39, 0.29) is 23.2 Å². The number of halogens is 2. The van der Waals surface area contributed by atoms with Crippen molar-refractivity contribution in [2.75, 3.05) is 13.2 Å². The highest BCUT2D eigenvalue weighted by Gasteiger charge is 2.50. The van der Waals surface area contributed by atoms with Crippen molar-refractivity contribution in [3.63, 3.8) is 0 Å². The Hall–Kier alpha value is -1.96. The zero-order valence-corrected chi connectivity index (χ0v) is 15.2. The minimum atomic E-state index is -2.15. The lowest BCUT2D eigenvalue weighted by molar-refractivity contribution is -0.168. The maximum Gasteiger partial charge on any atom is 0.344 e. The highest BCUT2D eigenvalue weighted by molar-refractivity contribution is 9.10. The molecule has 0 spiro atoms. The quantitative estimate of drug-likeness (QED) is 0.556. The molecule has 0 aromatic heterocycles. The Labute approximate surface area is 147 Å². The average Bonchev–Trinajstić information content (AvgIpc) is 2.51. The number of esters is 2. The van der Waals surface area contributed by atoms with Crippen molar-refractivity contribution in [3.05, 3.63) is 34.1 Å². The first-order valence-corrected chi connectivity index (χ1v) is 8.13. The van der Waals surface area contributed by atoms with Crippen LogP contribution in [0.4, 0.5) is 4.39 Å². The van der Waals surface area contributed by atoms with Crippen molar-refractivity contribution in [1.29, 1.82) is 0 Å². The fourth-order valence-electron chi connectivity index (χ4n) is 2.15. The van der Waals surface area contributed by atoms with E-state index in [0.29, 0.717) is 0 Å². The summed E-state index contributed by atoms with van der Waals surface area (Å²) in [6, 6.07) is 4.44. The van der Waals surface area contributed by atoms with E-state index >= 15 is 0 Å². The third kappa shape index (κ3) is 4.53. The molecule has 0 saturated heterocycles. The molecule has 0 heterocycles. The Kier molecular flexibility index (Phi) is 7.34. The van der Waals surface area contributed by atoms with E-state index in [4.69, 9.17) is 9.47 Å². The molecule has 0 bridgehead atoms. The number of benzene rings is 1. The van der Waals surface area contributed by atoms with Crippen LogP contribution in [0.3, 0.4) is 0 Å². The van der Waals surface area contributed by atoms with Gasteiger partial charge in [0.05, 0.1) is 17.7 Å². The average molecular weight is 404 g/mol. The first-order chi connectivity index (χ1) is 11.3. The molecule has 0 radical (unpaired) electrons. The van der Waals surface area contributed by atoms with Crippen molar-refractivity contribution in [2.45, 2.75) is 32.7 Å². The highest BCUT2D eigenvalue weighted by atomic mass is 79.9. The van der Waals surface area contributed by atoms with Gasteiger partial charge < -0.3 is 14.8 Å². The van der Waals surface area contributed by atoms with Gasteiger partial charge in [0.1, 0.15) is 5.82 Å². The van der Waals surface area contributed by atoms with Crippen LogP contribution in [0.15, 0.2) is 22.7 Å². The molecule has 1 aromatic carbocycles. The molecule has 1 N–H and O–H groups in total. The van der Waals surface area contributed by atoms with Gasteiger partial charge in [0.25, 0.3) is 0 Å². The molecule has 0 fully saturated rings. The van der Waals surface area contributed by atoms with E-state index in [1.54, 1.807) is 19.9 Å². The second kappa shape index (κ2) is 8.77. The van der Waals surface area contributed by atoms with Gasteiger partial charge in [0.2, 0.25) is 11.4 Å². The van der Waals surface area contributed by atoms with Crippen LogP contribution in [0.1, 0.15) is 26.3 Å². The predicted molar refractivity (Wildman–Crippen MR) is 87.6 cm³/mol. The predicted octanol–water partition coefficient (Wildman–Crippen LogP) is 2.13. The lowest BCUT2D eigenvalue weighted by atomic mass is 9.90. The second-order valence-electron chi connectivity index (χ2n) is 4.92.